The van der Waals surface area contributed by atoms with Crippen molar-refractivity contribution in [2.45, 2.75) is 33.6 Å². The van der Waals surface area contributed by atoms with Gasteiger partial charge < -0.3 is 10.2 Å². The molecule has 0 saturated carbocycles. The minimum Gasteiger partial charge on any atom is -0.366 e. The van der Waals surface area contributed by atoms with Gasteiger partial charge in [-0.25, -0.2) is 0 Å². The lowest BCUT2D eigenvalue weighted by atomic mass is 9.98. The number of hydrogen-bond acceptors (Lipinski definition) is 4. The highest BCUT2D eigenvalue weighted by molar-refractivity contribution is 6.05. The van der Waals surface area contributed by atoms with Gasteiger partial charge in [0.2, 0.25) is 0 Å². The number of carbonyl (C=O) groups is 1. The number of aryl methyl sites for hydroxylation is 1. The number of benzene rings is 2. The molecule has 0 unspecified atom stereocenters. The molecule has 1 saturated heterocycles. The average molecular weight is 367 g/mol. The summed E-state index contributed by atoms with van der Waals surface area (Å²) in [6, 6.07) is 10.4. The lowest BCUT2D eigenvalue weighted by Gasteiger charge is -2.31. The van der Waals surface area contributed by atoms with Crippen molar-refractivity contribution in [2.24, 2.45) is 5.92 Å². The molecule has 0 aromatic heterocycles. The van der Waals surface area contributed by atoms with Gasteiger partial charge in [-0.1, -0.05) is 19.1 Å². The maximum atomic E-state index is 12.6. The first-order chi connectivity index (χ1) is 12.9. The molecule has 142 valence electrons. The molecule has 0 bridgehead atoms. The molecular weight excluding hydrogens is 342 g/mol. The van der Waals surface area contributed by atoms with Crippen LogP contribution in [0.1, 0.15) is 41.3 Å². The molecule has 0 atom stereocenters. The van der Waals surface area contributed by atoms with Crippen molar-refractivity contribution in [3.63, 3.8) is 0 Å². The smallest absolute Gasteiger partial charge is 0.293 e. The van der Waals surface area contributed by atoms with Crippen molar-refractivity contribution in [3.05, 3.63) is 63.2 Å². The van der Waals surface area contributed by atoms with Gasteiger partial charge in [0.25, 0.3) is 11.6 Å². The second-order valence-corrected chi connectivity index (χ2v) is 7.33. The number of nitrogens with one attached hydrogen (secondary N) is 1. The third-order valence-electron chi connectivity index (χ3n) is 5.41. The zero-order valence-electron chi connectivity index (χ0n) is 16.0. The van der Waals surface area contributed by atoms with Crippen LogP contribution in [0.4, 0.5) is 17.1 Å². The summed E-state index contributed by atoms with van der Waals surface area (Å²) in [5.41, 5.74) is 3.65. The molecule has 0 spiro atoms. The number of hydrogen-bond donors (Lipinski definition) is 1. The van der Waals surface area contributed by atoms with Crippen LogP contribution in [0.3, 0.4) is 0 Å². The molecule has 27 heavy (non-hydrogen) atoms. The minimum absolute atomic E-state index is 0.0156. The monoisotopic (exact) mass is 367 g/mol. The summed E-state index contributed by atoms with van der Waals surface area (Å²) in [7, 11) is 0. The van der Waals surface area contributed by atoms with E-state index in [9.17, 15) is 14.9 Å². The number of amides is 1. The SMILES string of the molecule is Cc1cccc(NC(=O)c2ccc(N3CCC(C)CC3)c([N+](=O)[O-])c2)c1C. The molecule has 1 aliphatic heterocycles. The van der Waals surface area contributed by atoms with Crippen LogP contribution in [0.2, 0.25) is 0 Å². The van der Waals surface area contributed by atoms with Crippen LogP contribution in [0.5, 0.6) is 0 Å². The van der Waals surface area contributed by atoms with Crippen molar-refractivity contribution in [1.82, 2.24) is 0 Å². The molecule has 1 amide bonds. The van der Waals surface area contributed by atoms with Gasteiger partial charge >= 0.3 is 0 Å². The van der Waals surface area contributed by atoms with Gasteiger partial charge in [0.1, 0.15) is 5.69 Å². The minimum atomic E-state index is -0.401. The van der Waals surface area contributed by atoms with Gasteiger partial charge in [0.05, 0.1) is 4.92 Å². The van der Waals surface area contributed by atoms with Crippen LogP contribution in [0, 0.1) is 29.9 Å². The largest absolute Gasteiger partial charge is 0.366 e. The highest BCUT2D eigenvalue weighted by Crippen LogP contribution is 2.32. The standard InChI is InChI=1S/C21H25N3O3/c1-14-9-11-23(12-10-14)19-8-7-17(13-20(19)24(26)27)21(25)22-18-6-4-5-15(2)16(18)3/h4-8,13-14H,9-12H2,1-3H3,(H,22,25). The lowest BCUT2D eigenvalue weighted by molar-refractivity contribution is -0.384. The Morgan fingerprint density at radius 1 is 1.19 bits per heavy atom. The van der Waals surface area contributed by atoms with Crippen LogP contribution in [0.25, 0.3) is 0 Å². The Labute approximate surface area is 159 Å². The second-order valence-electron chi connectivity index (χ2n) is 7.33. The summed E-state index contributed by atoms with van der Waals surface area (Å²) < 4.78 is 0. The highest BCUT2D eigenvalue weighted by Gasteiger charge is 2.25. The fourth-order valence-corrected chi connectivity index (χ4v) is 3.41. The lowest BCUT2D eigenvalue weighted by Crippen LogP contribution is -2.33. The molecule has 2 aromatic carbocycles. The Balaban J connectivity index is 1.86. The molecule has 1 fully saturated rings. The molecule has 1 aliphatic rings. The van der Waals surface area contributed by atoms with Crippen LogP contribution in [-0.4, -0.2) is 23.9 Å². The number of anilines is 2. The van der Waals surface area contributed by atoms with E-state index in [1.54, 1.807) is 12.1 Å². The van der Waals surface area contributed by atoms with Gasteiger partial charge in [0, 0.05) is 30.4 Å². The second kappa shape index (κ2) is 7.78. The topological polar surface area (TPSA) is 75.5 Å². The molecule has 6 heteroatoms. The van der Waals surface area contributed by atoms with Gasteiger partial charge in [-0.15, -0.1) is 0 Å². The number of piperidine rings is 1. The molecule has 0 radical (unpaired) electrons. The number of nitrogens with zero attached hydrogens (tertiary/aromatic N) is 2. The van der Waals surface area contributed by atoms with E-state index in [-0.39, 0.29) is 17.2 Å². The van der Waals surface area contributed by atoms with E-state index in [1.807, 2.05) is 36.9 Å². The average Bonchev–Trinajstić information content (AvgIpc) is 2.65. The van der Waals surface area contributed by atoms with Crippen molar-refractivity contribution < 1.29 is 9.72 Å². The van der Waals surface area contributed by atoms with Crippen LogP contribution >= 0.6 is 0 Å². The summed E-state index contributed by atoms with van der Waals surface area (Å²) in [6.07, 6.45) is 2.04. The van der Waals surface area contributed by atoms with Crippen molar-refractivity contribution >= 4 is 23.0 Å². The molecule has 1 heterocycles. The van der Waals surface area contributed by atoms with Crippen molar-refractivity contribution in [2.75, 3.05) is 23.3 Å². The van der Waals surface area contributed by atoms with Gasteiger partial charge in [-0.05, 0) is 61.9 Å². The summed E-state index contributed by atoms with van der Waals surface area (Å²) in [6.45, 7) is 7.72. The number of nitro benzene ring substituents is 1. The van der Waals surface area contributed by atoms with E-state index in [4.69, 9.17) is 0 Å². The summed E-state index contributed by atoms with van der Waals surface area (Å²) in [4.78, 5) is 25.9. The fraction of sp³-hybridized carbons (Fsp3) is 0.381. The van der Waals surface area contributed by atoms with Crippen LogP contribution in [0.15, 0.2) is 36.4 Å². The molecular formula is C21H25N3O3. The summed E-state index contributed by atoms with van der Waals surface area (Å²) >= 11 is 0. The molecule has 2 aromatic rings. The third kappa shape index (κ3) is 4.10. The van der Waals surface area contributed by atoms with E-state index in [0.29, 0.717) is 11.6 Å². The fourth-order valence-electron chi connectivity index (χ4n) is 3.41. The van der Waals surface area contributed by atoms with Crippen LogP contribution in [-0.2, 0) is 0 Å². The molecule has 6 nitrogen and oxygen atoms in total. The maximum absolute atomic E-state index is 12.6. The Bertz CT molecular complexity index is 871. The van der Waals surface area contributed by atoms with E-state index in [0.717, 1.165) is 42.7 Å². The number of rotatable bonds is 4. The highest BCUT2D eigenvalue weighted by atomic mass is 16.6. The first kappa shape index (κ1) is 18.9. The third-order valence-corrected chi connectivity index (χ3v) is 5.41. The first-order valence-electron chi connectivity index (χ1n) is 9.27. The zero-order chi connectivity index (χ0) is 19.6. The van der Waals surface area contributed by atoms with E-state index >= 15 is 0 Å². The molecule has 1 N–H and O–H groups in total. The Hall–Kier alpha value is -2.89. The first-order valence-corrected chi connectivity index (χ1v) is 9.27. The zero-order valence-corrected chi connectivity index (χ0v) is 16.0. The van der Waals surface area contributed by atoms with Crippen LogP contribution < -0.4 is 10.2 Å². The van der Waals surface area contributed by atoms with E-state index < -0.39 is 4.92 Å². The number of carbonyl (C=O) groups excluding carboxylic acids is 1. The van der Waals surface area contributed by atoms with Crippen molar-refractivity contribution in [1.29, 1.82) is 0 Å². The summed E-state index contributed by atoms with van der Waals surface area (Å²) in [5.74, 6) is 0.300. The van der Waals surface area contributed by atoms with Gasteiger partial charge in [-0.3, -0.25) is 14.9 Å². The number of nitro groups is 1. The predicted molar refractivity (Wildman–Crippen MR) is 108 cm³/mol. The maximum Gasteiger partial charge on any atom is 0.293 e. The quantitative estimate of drug-likeness (QED) is 0.628. The Morgan fingerprint density at radius 3 is 2.56 bits per heavy atom. The van der Waals surface area contributed by atoms with E-state index in [1.165, 1.54) is 6.07 Å². The predicted octanol–water partition coefficient (Wildman–Crippen LogP) is 4.70. The molecule has 3 rings (SSSR count). The van der Waals surface area contributed by atoms with Gasteiger partial charge in [-0.2, -0.15) is 0 Å². The molecule has 0 aliphatic carbocycles. The Kier molecular flexibility index (Phi) is 5.44. The normalized spacial score (nSPS) is 14.9. The van der Waals surface area contributed by atoms with Gasteiger partial charge in [0.15, 0.2) is 0 Å². The van der Waals surface area contributed by atoms with Crippen molar-refractivity contribution in [3.8, 4) is 0 Å². The Morgan fingerprint density at radius 2 is 1.89 bits per heavy atom. The summed E-state index contributed by atoms with van der Waals surface area (Å²) in [5, 5.41) is 14.5. The van der Waals surface area contributed by atoms with E-state index in [2.05, 4.69) is 12.2 Å².